The molecule has 0 saturated heterocycles. The maximum atomic E-state index is 11.6. The Hall–Kier alpha value is -2.04. The lowest BCUT2D eigenvalue weighted by molar-refractivity contribution is 0.0636. The monoisotopic (exact) mass is 250 g/mol. The normalized spacial score (nSPS) is 10.9. The molecule has 0 radical (unpaired) electrons. The van der Waals surface area contributed by atoms with Gasteiger partial charge in [0.05, 0.1) is 11.3 Å². The molecule has 0 saturated carbocycles. The van der Waals surface area contributed by atoms with Gasteiger partial charge in [-0.2, -0.15) is 0 Å². The third-order valence-electron chi connectivity index (χ3n) is 2.15. The van der Waals surface area contributed by atoms with Gasteiger partial charge in [-0.05, 0) is 39.3 Å². The summed E-state index contributed by atoms with van der Waals surface area (Å²) in [6, 6.07) is 5.09. The Balaban J connectivity index is 2.95. The van der Waals surface area contributed by atoms with E-state index in [9.17, 15) is 9.59 Å². The molecule has 0 aromatic heterocycles. The van der Waals surface area contributed by atoms with Gasteiger partial charge >= 0.3 is 6.09 Å². The van der Waals surface area contributed by atoms with Crippen LogP contribution in [0.25, 0.3) is 0 Å². The Morgan fingerprint density at radius 1 is 1.28 bits per heavy atom. The first-order valence-electron chi connectivity index (χ1n) is 5.60. The number of ether oxygens (including phenoxy) is 1. The van der Waals surface area contributed by atoms with Gasteiger partial charge in [-0.15, -0.1) is 0 Å². The summed E-state index contributed by atoms with van der Waals surface area (Å²) >= 11 is 0. The van der Waals surface area contributed by atoms with E-state index in [-0.39, 0.29) is 0 Å². The molecular weight excluding hydrogens is 232 g/mol. The first-order valence-corrected chi connectivity index (χ1v) is 5.60. The Kier molecular flexibility index (Phi) is 3.96. The van der Waals surface area contributed by atoms with E-state index in [1.54, 1.807) is 45.9 Å². The number of amides is 2. The van der Waals surface area contributed by atoms with E-state index in [4.69, 9.17) is 10.5 Å². The van der Waals surface area contributed by atoms with Gasteiger partial charge in [-0.25, -0.2) is 4.79 Å². The Bertz CT molecular complexity index is 476. The van der Waals surface area contributed by atoms with Gasteiger partial charge < -0.3 is 10.5 Å². The van der Waals surface area contributed by atoms with Crippen molar-refractivity contribution in [3.8, 4) is 0 Å². The van der Waals surface area contributed by atoms with Gasteiger partial charge in [0.15, 0.2) is 0 Å². The van der Waals surface area contributed by atoms with Crippen molar-refractivity contribution >= 4 is 17.7 Å². The minimum Gasteiger partial charge on any atom is -0.444 e. The summed E-state index contributed by atoms with van der Waals surface area (Å²) in [7, 11) is 0. The molecule has 1 aromatic carbocycles. The van der Waals surface area contributed by atoms with E-state index in [0.29, 0.717) is 16.8 Å². The quantitative estimate of drug-likeness (QED) is 0.845. The van der Waals surface area contributed by atoms with Crippen molar-refractivity contribution in [2.75, 3.05) is 5.32 Å². The highest BCUT2D eigenvalue weighted by atomic mass is 16.6. The molecule has 18 heavy (non-hydrogen) atoms. The molecule has 5 nitrogen and oxygen atoms in total. The second-order valence-corrected chi connectivity index (χ2v) is 4.99. The van der Waals surface area contributed by atoms with Crippen LogP contribution in [0.5, 0.6) is 0 Å². The lowest BCUT2D eigenvalue weighted by Crippen LogP contribution is -2.28. The van der Waals surface area contributed by atoms with E-state index < -0.39 is 17.6 Å². The van der Waals surface area contributed by atoms with E-state index in [1.165, 1.54) is 0 Å². The molecule has 0 heterocycles. The molecule has 1 rings (SSSR count). The van der Waals surface area contributed by atoms with Crippen LogP contribution in [0.4, 0.5) is 10.5 Å². The molecule has 2 amide bonds. The van der Waals surface area contributed by atoms with Crippen LogP contribution in [0, 0.1) is 6.92 Å². The van der Waals surface area contributed by atoms with Crippen LogP contribution in [-0.2, 0) is 4.74 Å². The Morgan fingerprint density at radius 3 is 2.39 bits per heavy atom. The molecule has 5 heteroatoms. The summed E-state index contributed by atoms with van der Waals surface area (Å²) in [6.45, 7) is 7.04. The molecular formula is C13H18N2O3. The summed E-state index contributed by atoms with van der Waals surface area (Å²) in [4.78, 5) is 23.0. The number of hydrogen-bond donors (Lipinski definition) is 2. The smallest absolute Gasteiger partial charge is 0.412 e. The van der Waals surface area contributed by atoms with Crippen LogP contribution in [0.1, 0.15) is 36.7 Å². The van der Waals surface area contributed by atoms with Crippen molar-refractivity contribution in [2.24, 2.45) is 5.73 Å². The predicted molar refractivity (Wildman–Crippen MR) is 69.6 cm³/mol. The zero-order valence-electron chi connectivity index (χ0n) is 11.0. The summed E-state index contributed by atoms with van der Waals surface area (Å²) in [6.07, 6.45) is -0.615. The van der Waals surface area contributed by atoms with Crippen LogP contribution in [-0.4, -0.2) is 17.6 Å². The van der Waals surface area contributed by atoms with Crippen molar-refractivity contribution in [3.05, 3.63) is 29.3 Å². The van der Waals surface area contributed by atoms with Gasteiger partial charge in [-0.3, -0.25) is 10.1 Å². The molecule has 0 aliphatic rings. The van der Waals surface area contributed by atoms with E-state index >= 15 is 0 Å². The molecule has 0 fully saturated rings. The number of carbonyl (C=O) groups is 2. The predicted octanol–water partition coefficient (Wildman–Crippen LogP) is 2.44. The fourth-order valence-corrected chi connectivity index (χ4v) is 1.51. The molecule has 3 N–H and O–H groups in total. The number of aryl methyl sites for hydroxylation is 1. The van der Waals surface area contributed by atoms with Gasteiger partial charge in [0.2, 0.25) is 0 Å². The molecule has 98 valence electrons. The fourth-order valence-electron chi connectivity index (χ4n) is 1.51. The maximum absolute atomic E-state index is 11.6. The molecule has 1 aromatic rings. The number of rotatable bonds is 2. The SMILES string of the molecule is Cc1cccc(NC(=O)OC(C)(C)C)c1C(N)=O. The molecule has 0 spiro atoms. The summed E-state index contributed by atoms with van der Waals surface area (Å²) in [5, 5.41) is 2.53. The maximum Gasteiger partial charge on any atom is 0.412 e. The Labute approximate surface area is 106 Å². The summed E-state index contributed by atoms with van der Waals surface area (Å²) in [5.41, 5.74) is 6.05. The molecule has 0 aliphatic heterocycles. The molecule has 0 bridgehead atoms. The Morgan fingerprint density at radius 2 is 1.89 bits per heavy atom. The number of carbonyl (C=O) groups excluding carboxylic acids is 2. The fraction of sp³-hybridized carbons (Fsp3) is 0.385. The lowest BCUT2D eigenvalue weighted by Gasteiger charge is -2.20. The topological polar surface area (TPSA) is 81.4 Å². The molecule has 0 unspecified atom stereocenters. The van der Waals surface area contributed by atoms with Crippen molar-refractivity contribution in [1.29, 1.82) is 0 Å². The van der Waals surface area contributed by atoms with Crippen molar-refractivity contribution in [2.45, 2.75) is 33.3 Å². The molecule has 0 aliphatic carbocycles. The average Bonchev–Trinajstić information content (AvgIpc) is 2.13. The van der Waals surface area contributed by atoms with Gasteiger partial charge in [-0.1, -0.05) is 12.1 Å². The highest BCUT2D eigenvalue weighted by Crippen LogP contribution is 2.20. The lowest BCUT2D eigenvalue weighted by atomic mass is 10.1. The second kappa shape index (κ2) is 5.08. The van der Waals surface area contributed by atoms with Crippen LogP contribution < -0.4 is 11.1 Å². The van der Waals surface area contributed by atoms with Crippen LogP contribution in [0.2, 0.25) is 0 Å². The third-order valence-corrected chi connectivity index (χ3v) is 2.15. The first-order chi connectivity index (χ1) is 8.20. The van der Waals surface area contributed by atoms with E-state index in [0.717, 1.165) is 0 Å². The number of hydrogen-bond acceptors (Lipinski definition) is 3. The third kappa shape index (κ3) is 3.76. The molecule has 0 atom stereocenters. The largest absolute Gasteiger partial charge is 0.444 e. The number of nitrogens with two attached hydrogens (primary N) is 1. The summed E-state index contributed by atoms with van der Waals surface area (Å²) < 4.78 is 5.11. The minimum absolute atomic E-state index is 0.295. The number of primary amides is 1. The van der Waals surface area contributed by atoms with Gasteiger partial charge in [0.1, 0.15) is 5.60 Å². The van der Waals surface area contributed by atoms with E-state index in [2.05, 4.69) is 5.32 Å². The number of benzene rings is 1. The number of anilines is 1. The zero-order valence-corrected chi connectivity index (χ0v) is 11.0. The van der Waals surface area contributed by atoms with Crippen molar-refractivity contribution in [1.82, 2.24) is 0 Å². The van der Waals surface area contributed by atoms with Crippen LogP contribution >= 0.6 is 0 Å². The summed E-state index contributed by atoms with van der Waals surface area (Å²) in [5.74, 6) is -0.584. The van der Waals surface area contributed by atoms with Crippen LogP contribution in [0.15, 0.2) is 18.2 Å². The highest BCUT2D eigenvalue weighted by Gasteiger charge is 2.18. The van der Waals surface area contributed by atoms with Gasteiger partial charge in [0.25, 0.3) is 5.91 Å². The highest BCUT2D eigenvalue weighted by molar-refractivity contribution is 6.03. The van der Waals surface area contributed by atoms with Crippen LogP contribution in [0.3, 0.4) is 0 Å². The van der Waals surface area contributed by atoms with E-state index in [1.807, 2.05) is 0 Å². The average molecular weight is 250 g/mol. The van der Waals surface area contributed by atoms with Crippen molar-refractivity contribution in [3.63, 3.8) is 0 Å². The first kappa shape index (κ1) is 14.0. The van der Waals surface area contributed by atoms with Crippen molar-refractivity contribution < 1.29 is 14.3 Å². The second-order valence-electron chi connectivity index (χ2n) is 4.99. The standard InChI is InChI=1S/C13H18N2O3/c1-8-6-5-7-9(10(8)11(14)16)15-12(17)18-13(2,3)4/h5-7H,1-4H3,(H2,14,16)(H,15,17). The minimum atomic E-state index is -0.615. The number of nitrogens with one attached hydrogen (secondary N) is 1. The zero-order chi connectivity index (χ0) is 13.9. The van der Waals surface area contributed by atoms with Gasteiger partial charge in [0, 0.05) is 0 Å².